The Labute approximate surface area is 265 Å². The number of nitrogens with one attached hydrogen (secondary N) is 1. The molecule has 6 rings (SSSR count). The standard InChI is InChI=1S/C32H35F3N4O6S/c33-32(34,35)45-24-11-13-25(14-12-24)46(42,43)36-26-19-38(30(40)21-37-15-17-44-18-16-37)20-29(31(26)41)39-27-7-3-1-5-22(27)9-10-23-6-2-4-8-28(23)39/h1-8,11-14,26,29,31,36,41H,9-10,15-21H2/t26-,29+,31+/m1/s1. The Morgan fingerprint density at radius 3 is 2.09 bits per heavy atom. The van der Waals surface area contributed by atoms with Crippen LogP contribution in [0.4, 0.5) is 24.5 Å². The third-order valence-corrected chi connectivity index (χ3v) is 10.1. The van der Waals surface area contributed by atoms with Crippen LogP contribution >= 0.6 is 0 Å². The highest BCUT2D eigenvalue weighted by Gasteiger charge is 2.44. The molecule has 3 aromatic carbocycles. The number of sulfonamides is 1. The van der Waals surface area contributed by atoms with Crippen molar-refractivity contribution in [3.05, 3.63) is 83.9 Å². The molecule has 0 aromatic heterocycles. The summed E-state index contributed by atoms with van der Waals surface area (Å²) in [7, 11) is -4.34. The maximum atomic E-state index is 13.8. The van der Waals surface area contributed by atoms with E-state index in [0.29, 0.717) is 26.3 Å². The Balaban J connectivity index is 1.34. The van der Waals surface area contributed by atoms with Crippen LogP contribution in [0.2, 0.25) is 0 Å². The molecule has 0 aliphatic carbocycles. The lowest BCUT2D eigenvalue weighted by molar-refractivity contribution is -0.274. The summed E-state index contributed by atoms with van der Waals surface area (Å²) >= 11 is 0. The van der Waals surface area contributed by atoms with Gasteiger partial charge in [-0.2, -0.15) is 0 Å². The second kappa shape index (κ2) is 13.2. The van der Waals surface area contributed by atoms with Crippen molar-refractivity contribution in [3.63, 3.8) is 0 Å². The molecule has 2 saturated heterocycles. The molecule has 3 atom stereocenters. The Morgan fingerprint density at radius 1 is 0.913 bits per heavy atom. The summed E-state index contributed by atoms with van der Waals surface area (Å²) in [5, 5.41) is 11.9. The number of amides is 1. The third kappa shape index (κ3) is 7.15. The van der Waals surface area contributed by atoms with Gasteiger partial charge in [0.1, 0.15) is 5.75 Å². The molecule has 246 valence electrons. The third-order valence-electron chi connectivity index (χ3n) is 8.62. The molecule has 3 heterocycles. The maximum Gasteiger partial charge on any atom is 0.573 e. The van der Waals surface area contributed by atoms with E-state index < -0.39 is 40.3 Å². The minimum atomic E-state index is -4.93. The summed E-state index contributed by atoms with van der Waals surface area (Å²) in [6.45, 7) is 2.32. The van der Waals surface area contributed by atoms with E-state index in [9.17, 15) is 31.5 Å². The fraction of sp³-hybridized carbons (Fsp3) is 0.406. The molecule has 3 aliphatic rings. The number of piperidine rings is 1. The van der Waals surface area contributed by atoms with Gasteiger partial charge in [0.05, 0.1) is 42.8 Å². The van der Waals surface area contributed by atoms with Crippen LogP contribution in [0.1, 0.15) is 11.1 Å². The number of halogens is 3. The topological polar surface area (TPSA) is 112 Å². The zero-order chi connectivity index (χ0) is 32.5. The van der Waals surface area contributed by atoms with Crippen LogP contribution in [0.15, 0.2) is 77.7 Å². The molecule has 0 unspecified atom stereocenters. The first kappa shape index (κ1) is 32.3. The summed E-state index contributed by atoms with van der Waals surface area (Å²) in [5.41, 5.74) is 3.84. The normalized spacial score (nSPS) is 22.5. The number of nitrogens with zero attached hydrogens (tertiary/aromatic N) is 3. The lowest BCUT2D eigenvalue weighted by atomic mass is 9.94. The lowest BCUT2D eigenvalue weighted by Gasteiger charge is -2.47. The fourth-order valence-electron chi connectivity index (χ4n) is 6.38. The van der Waals surface area contributed by atoms with E-state index in [2.05, 4.69) is 9.46 Å². The number of aliphatic hydroxyl groups is 1. The molecule has 2 N–H and O–H groups in total. The Kier molecular flexibility index (Phi) is 9.26. The molecule has 10 nitrogen and oxygen atoms in total. The van der Waals surface area contributed by atoms with Crippen LogP contribution in [-0.4, -0.2) is 99.7 Å². The van der Waals surface area contributed by atoms with E-state index in [1.165, 1.54) is 0 Å². The molecule has 3 aliphatic heterocycles. The van der Waals surface area contributed by atoms with Crippen molar-refractivity contribution in [1.82, 2.24) is 14.5 Å². The van der Waals surface area contributed by atoms with Crippen LogP contribution in [0.3, 0.4) is 0 Å². The number of hydrogen-bond acceptors (Lipinski definition) is 8. The lowest BCUT2D eigenvalue weighted by Crippen LogP contribution is -2.66. The van der Waals surface area contributed by atoms with Crippen LogP contribution in [-0.2, 0) is 32.4 Å². The van der Waals surface area contributed by atoms with E-state index in [4.69, 9.17) is 4.74 Å². The molecule has 14 heteroatoms. The average molecular weight is 661 g/mol. The number of rotatable bonds is 7. The van der Waals surface area contributed by atoms with E-state index in [-0.39, 0.29) is 30.4 Å². The van der Waals surface area contributed by atoms with Gasteiger partial charge in [0.2, 0.25) is 15.9 Å². The number of fused-ring (bicyclic) bond motifs is 2. The molecule has 0 radical (unpaired) electrons. The number of aliphatic hydroxyl groups excluding tert-OH is 1. The van der Waals surface area contributed by atoms with Crippen LogP contribution < -0.4 is 14.4 Å². The average Bonchev–Trinajstić information content (AvgIpc) is 3.19. The van der Waals surface area contributed by atoms with E-state index in [1.807, 2.05) is 58.3 Å². The number of anilines is 2. The number of carbonyl (C=O) groups is 1. The van der Waals surface area contributed by atoms with Crippen molar-refractivity contribution >= 4 is 27.3 Å². The first-order valence-corrected chi connectivity index (χ1v) is 16.6. The minimum Gasteiger partial charge on any atom is -0.406 e. The second-order valence-electron chi connectivity index (χ2n) is 11.6. The van der Waals surface area contributed by atoms with Gasteiger partial charge in [-0.05, 0) is 60.4 Å². The highest BCUT2D eigenvalue weighted by atomic mass is 32.2. The van der Waals surface area contributed by atoms with Gasteiger partial charge < -0.3 is 24.4 Å². The quantitative estimate of drug-likeness (QED) is 0.398. The Morgan fingerprint density at radius 2 is 1.50 bits per heavy atom. The molecule has 2 fully saturated rings. The van der Waals surface area contributed by atoms with Crippen LogP contribution in [0.5, 0.6) is 5.75 Å². The van der Waals surface area contributed by atoms with Gasteiger partial charge in [-0.15, -0.1) is 13.2 Å². The second-order valence-corrected chi connectivity index (χ2v) is 13.3. The number of hydrogen-bond donors (Lipinski definition) is 2. The van der Waals surface area contributed by atoms with E-state index in [0.717, 1.165) is 59.6 Å². The Hall–Kier alpha value is -3.69. The molecular weight excluding hydrogens is 625 g/mol. The van der Waals surface area contributed by atoms with Gasteiger partial charge in [-0.25, -0.2) is 13.1 Å². The van der Waals surface area contributed by atoms with Gasteiger partial charge in [0.15, 0.2) is 0 Å². The molecule has 0 saturated carbocycles. The molecule has 3 aromatic rings. The van der Waals surface area contributed by atoms with E-state index in [1.54, 1.807) is 4.90 Å². The summed E-state index contributed by atoms with van der Waals surface area (Å²) in [5.74, 6) is -0.782. The number of likely N-dealkylation sites (tertiary alicyclic amines) is 1. The first-order valence-electron chi connectivity index (χ1n) is 15.1. The van der Waals surface area contributed by atoms with Crippen molar-refractivity contribution in [3.8, 4) is 5.75 Å². The van der Waals surface area contributed by atoms with Crippen molar-refractivity contribution in [1.29, 1.82) is 0 Å². The number of para-hydroxylation sites is 2. The zero-order valence-electron chi connectivity index (χ0n) is 24.9. The predicted octanol–water partition coefficient (Wildman–Crippen LogP) is 3.07. The predicted molar refractivity (Wildman–Crippen MR) is 163 cm³/mol. The number of morpholine rings is 1. The van der Waals surface area contributed by atoms with Gasteiger partial charge in [0.25, 0.3) is 0 Å². The minimum absolute atomic E-state index is 0.105. The molecular formula is C32H35F3N4O6S. The van der Waals surface area contributed by atoms with Gasteiger partial charge in [0, 0.05) is 37.6 Å². The number of carbonyl (C=O) groups excluding carboxylic acids is 1. The van der Waals surface area contributed by atoms with Crippen molar-refractivity contribution < 1.29 is 41.0 Å². The van der Waals surface area contributed by atoms with E-state index >= 15 is 0 Å². The van der Waals surface area contributed by atoms with Crippen molar-refractivity contribution in [2.45, 2.75) is 42.3 Å². The van der Waals surface area contributed by atoms with Crippen LogP contribution in [0.25, 0.3) is 0 Å². The van der Waals surface area contributed by atoms with Crippen molar-refractivity contribution in [2.24, 2.45) is 0 Å². The Bertz CT molecular complexity index is 1600. The van der Waals surface area contributed by atoms with Crippen LogP contribution in [0, 0.1) is 0 Å². The first-order chi connectivity index (χ1) is 22.0. The summed E-state index contributed by atoms with van der Waals surface area (Å²) in [6.07, 6.45) is -4.68. The fourth-order valence-corrected chi connectivity index (χ4v) is 7.62. The van der Waals surface area contributed by atoms with Gasteiger partial charge in [-0.1, -0.05) is 36.4 Å². The van der Waals surface area contributed by atoms with Crippen molar-refractivity contribution in [2.75, 3.05) is 50.8 Å². The maximum absolute atomic E-state index is 13.8. The molecule has 46 heavy (non-hydrogen) atoms. The smallest absolute Gasteiger partial charge is 0.406 e. The number of ether oxygens (including phenoxy) is 2. The molecule has 0 bridgehead atoms. The highest BCUT2D eigenvalue weighted by Crippen LogP contribution is 2.39. The highest BCUT2D eigenvalue weighted by molar-refractivity contribution is 7.89. The summed E-state index contributed by atoms with van der Waals surface area (Å²) < 4.78 is 76.9. The summed E-state index contributed by atoms with van der Waals surface area (Å²) in [6, 6.07) is 17.6. The summed E-state index contributed by atoms with van der Waals surface area (Å²) in [4.78, 5) is 19.0. The molecule has 0 spiro atoms. The monoisotopic (exact) mass is 660 g/mol. The molecule has 1 amide bonds. The zero-order valence-corrected chi connectivity index (χ0v) is 25.7. The number of benzene rings is 3. The van der Waals surface area contributed by atoms with Gasteiger partial charge in [-0.3, -0.25) is 9.69 Å². The van der Waals surface area contributed by atoms with Gasteiger partial charge >= 0.3 is 6.36 Å². The largest absolute Gasteiger partial charge is 0.573 e. The number of aryl methyl sites for hydroxylation is 2. The number of alkyl halides is 3. The SMILES string of the molecule is O=C(CN1CCOCC1)N1C[C@@H](NS(=O)(=O)c2ccc(OC(F)(F)F)cc2)[C@H](O)[C@@H](N2c3ccccc3CCc3ccccc32)C1.